The van der Waals surface area contributed by atoms with E-state index in [9.17, 15) is 18.0 Å². The third-order valence-corrected chi connectivity index (χ3v) is 2.48. The summed E-state index contributed by atoms with van der Waals surface area (Å²) in [5.41, 5.74) is -0.746. The lowest BCUT2D eigenvalue weighted by Gasteiger charge is -2.09. The normalized spacial score (nSPS) is 11.3. The maximum atomic E-state index is 12.4. The summed E-state index contributed by atoms with van der Waals surface area (Å²) in [6.45, 7) is 3.46. The minimum atomic E-state index is -4.50. The van der Waals surface area contributed by atoms with Gasteiger partial charge in [-0.3, -0.25) is 4.79 Å². The summed E-state index contributed by atoms with van der Waals surface area (Å²) in [4.78, 5) is 11.5. The Morgan fingerprint density at radius 1 is 1.41 bits per heavy atom. The molecule has 0 unspecified atom stereocenters. The van der Waals surface area contributed by atoms with Crippen molar-refractivity contribution < 1.29 is 18.0 Å². The Kier molecular flexibility index (Phi) is 4.34. The van der Waals surface area contributed by atoms with E-state index in [1.165, 1.54) is 0 Å². The third-order valence-electron chi connectivity index (χ3n) is 2.17. The van der Waals surface area contributed by atoms with Crippen LogP contribution in [0.15, 0.2) is 30.9 Å². The number of allylic oxidation sites excluding steroid dienone is 1. The van der Waals surface area contributed by atoms with Crippen LogP contribution in [-0.4, -0.2) is 5.78 Å². The molecule has 0 aliphatic carbocycles. The number of carbonyl (C=O) groups excluding carboxylic acids is 1. The highest BCUT2D eigenvalue weighted by molar-refractivity contribution is 6.31. The van der Waals surface area contributed by atoms with E-state index >= 15 is 0 Å². The topological polar surface area (TPSA) is 17.1 Å². The monoisotopic (exact) mass is 262 g/mol. The molecule has 0 heterocycles. The Hall–Kier alpha value is -1.29. The van der Waals surface area contributed by atoms with Gasteiger partial charge in [0.15, 0.2) is 5.78 Å². The van der Waals surface area contributed by atoms with Gasteiger partial charge in [0.05, 0.1) is 10.6 Å². The van der Waals surface area contributed by atoms with Gasteiger partial charge in [0.25, 0.3) is 0 Å². The van der Waals surface area contributed by atoms with E-state index in [4.69, 9.17) is 11.6 Å². The van der Waals surface area contributed by atoms with E-state index < -0.39 is 16.8 Å². The third kappa shape index (κ3) is 3.60. The standard InChI is InChI=1S/C12H10ClF3O/c1-2-3-4-11(17)8-5-6-9(10(13)7-8)12(14,15)16/h2,5-7H,1,3-4H2. The lowest BCUT2D eigenvalue weighted by molar-refractivity contribution is -0.137. The first-order chi connectivity index (χ1) is 7.86. The van der Waals surface area contributed by atoms with E-state index in [1.807, 2.05) is 0 Å². The second-order valence-electron chi connectivity index (χ2n) is 3.44. The fraction of sp³-hybridized carbons (Fsp3) is 0.250. The molecule has 1 rings (SSSR count). The Morgan fingerprint density at radius 2 is 2.06 bits per heavy atom. The first-order valence-corrected chi connectivity index (χ1v) is 5.25. The zero-order chi connectivity index (χ0) is 13.1. The zero-order valence-electron chi connectivity index (χ0n) is 8.85. The Morgan fingerprint density at radius 3 is 2.53 bits per heavy atom. The van der Waals surface area contributed by atoms with Gasteiger partial charge in [0, 0.05) is 12.0 Å². The van der Waals surface area contributed by atoms with Gasteiger partial charge in [-0.2, -0.15) is 13.2 Å². The maximum Gasteiger partial charge on any atom is 0.417 e. The van der Waals surface area contributed by atoms with E-state index in [2.05, 4.69) is 6.58 Å². The van der Waals surface area contributed by atoms with Crippen molar-refractivity contribution in [1.29, 1.82) is 0 Å². The van der Waals surface area contributed by atoms with Crippen molar-refractivity contribution in [1.82, 2.24) is 0 Å². The molecule has 0 bridgehead atoms. The second-order valence-corrected chi connectivity index (χ2v) is 3.85. The summed E-state index contributed by atoms with van der Waals surface area (Å²) >= 11 is 5.50. The van der Waals surface area contributed by atoms with Gasteiger partial charge in [-0.15, -0.1) is 6.58 Å². The molecular formula is C12H10ClF3O. The van der Waals surface area contributed by atoms with Crippen molar-refractivity contribution in [2.24, 2.45) is 0 Å². The average molecular weight is 263 g/mol. The van der Waals surface area contributed by atoms with E-state index in [1.54, 1.807) is 6.08 Å². The zero-order valence-corrected chi connectivity index (χ0v) is 9.61. The predicted octanol–water partition coefficient (Wildman–Crippen LogP) is 4.51. The molecule has 1 aromatic rings. The molecule has 0 radical (unpaired) electrons. The number of hydrogen-bond donors (Lipinski definition) is 0. The van der Waals surface area contributed by atoms with Crippen molar-refractivity contribution in [2.75, 3.05) is 0 Å². The summed E-state index contributed by atoms with van der Waals surface area (Å²) in [6, 6.07) is 3.01. The molecule has 0 saturated carbocycles. The Bertz CT molecular complexity index is 438. The van der Waals surface area contributed by atoms with Crippen LogP contribution in [0.4, 0.5) is 13.2 Å². The fourth-order valence-electron chi connectivity index (χ4n) is 1.30. The van der Waals surface area contributed by atoms with Crippen LogP contribution < -0.4 is 0 Å². The molecule has 17 heavy (non-hydrogen) atoms. The summed E-state index contributed by atoms with van der Waals surface area (Å²) in [5.74, 6) is -0.250. The molecule has 0 N–H and O–H groups in total. The minimum absolute atomic E-state index is 0.185. The average Bonchev–Trinajstić information content (AvgIpc) is 2.23. The quantitative estimate of drug-likeness (QED) is 0.576. The molecule has 0 fully saturated rings. The van der Waals surface area contributed by atoms with E-state index in [0.29, 0.717) is 6.42 Å². The molecule has 0 amide bonds. The summed E-state index contributed by atoms with van der Waals surface area (Å²) in [7, 11) is 0. The van der Waals surface area contributed by atoms with Crippen LogP contribution in [0.1, 0.15) is 28.8 Å². The summed E-state index contributed by atoms with van der Waals surface area (Å²) in [5, 5.41) is -0.457. The number of rotatable bonds is 4. The Balaban J connectivity index is 2.97. The second kappa shape index (κ2) is 5.36. The number of halogens is 4. The molecule has 0 saturated heterocycles. The van der Waals surface area contributed by atoms with Crippen LogP contribution in [-0.2, 0) is 6.18 Å². The van der Waals surface area contributed by atoms with Crippen molar-refractivity contribution in [3.05, 3.63) is 47.0 Å². The smallest absolute Gasteiger partial charge is 0.294 e. The maximum absolute atomic E-state index is 12.4. The molecule has 0 aromatic heterocycles. The number of hydrogen-bond acceptors (Lipinski definition) is 1. The van der Waals surface area contributed by atoms with Crippen LogP contribution in [0.5, 0.6) is 0 Å². The molecule has 0 aliphatic rings. The number of benzene rings is 1. The van der Waals surface area contributed by atoms with Crippen LogP contribution in [0, 0.1) is 0 Å². The number of ketones is 1. The van der Waals surface area contributed by atoms with Gasteiger partial charge in [-0.05, 0) is 18.6 Å². The van der Waals surface area contributed by atoms with Gasteiger partial charge in [-0.1, -0.05) is 23.7 Å². The van der Waals surface area contributed by atoms with Crippen LogP contribution in [0.25, 0.3) is 0 Å². The van der Waals surface area contributed by atoms with Crippen LogP contribution in [0.2, 0.25) is 5.02 Å². The van der Waals surface area contributed by atoms with Crippen LogP contribution in [0.3, 0.4) is 0 Å². The first-order valence-electron chi connectivity index (χ1n) is 4.87. The predicted molar refractivity (Wildman–Crippen MR) is 60.2 cm³/mol. The van der Waals surface area contributed by atoms with Gasteiger partial charge < -0.3 is 0 Å². The summed E-state index contributed by atoms with van der Waals surface area (Å²) < 4.78 is 37.2. The van der Waals surface area contributed by atoms with Crippen LogP contribution >= 0.6 is 11.6 Å². The highest BCUT2D eigenvalue weighted by atomic mass is 35.5. The number of Topliss-reactive ketones (excluding diaryl/α,β-unsaturated/α-hetero) is 1. The van der Waals surface area contributed by atoms with Crippen molar-refractivity contribution >= 4 is 17.4 Å². The number of alkyl halides is 3. The van der Waals surface area contributed by atoms with E-state index in [-0.39, 0.29) is 17.8 Å². The fourth-order valence-corrected chi connectivity index (χ4v) is 1.58. The summed E-state index contributed by atoms with van der Waals surface area (Å²) in [6.07, 6.45) is -2.23. The van der Waals surface area contributed by atoms with E-state index in [0.717, 1.165) is 18.2 Å². The van der Waals surface area contributed by atoms with Crippen molar-refractivity contribution in [3.63, 3.8) is 0 Å². The van der Waals surface area contributed by atoms with Crippen molar-refractivity contribution in [3.8, 4) is 0 Å². The first kappa shape index (κ1) is 13.8. The number of carbonyl (C=O) groups is 1. The Labute approximate surface area is 102 Å². The molecular weight excluding hydrogens is 253 g/mol. The molecule has 1 aromatic carbocycles. The van der Waals surface area contributed by atoms with Gasteiger partial charge in [-0.25, -0.2) is 0 Å². The SMILES string of the molecule is C=CCCC(=O)c1ccc(C(F)(F)F)c(Cl)c1. The largest absolute Gasteiger partial charge is 0.417 e. The molecule has 1 nitrogen and oxygen atoms in total. The van der Waals surface area contributed by atoms with Gasteiger partial charge in [0.2, 0.25) is 0 Å². The minimum Gasteiger partial charge on any atom is -0.294 e. The van der Waals surface area contributed by atoms with Gasteiger partial charge in [0.1, 0.15) is 0 Å². The molecule has 0 atom stereocenters. The highest BCUT2D eigenvalue weighted by Crippen LogP contribution is 2.35. The lowest BCUT2D eigenvalue weighted by atomic mass is 10.0. The van der Waals surface area contributed by atoms with Crippen molar-refractivity contribution in [2.45, 2.75) is 19.0 Å². The van der Waals surface area contributed by atoms with Gasteiger partial charge >= 0.3 is 6.18 Å². The molecule has 5 heteroatoms. The molecule has 92 valence electrons. The molecule has 0 aliphatic heterocycles. The lowest BCUT2D eigenvalue weighted by Crippen LogP contribution is -2.07. The molecule has 0 spiro atoms. The highest BCUT2D eigenvalue weighted by Gasteiger charge is 2.33.